The first-order valence-corrected chi connectivity index (χ1v) is 20.5. The van der Waals surface area contributed by atoms with Gasteiger partial charge in [0, 0.05) is 38.8 Å². The Labute approximate surface area is 354 Å². The minimum Gasteiger partial charge on any atom is -0.231 e. The van der Waals surface area contributed by atoms with Crippen LogP contribution in [0.25, 0.3) is 106 Å². The quantitative estimate of drug-likeness (QED) is 0.154. The van der Waals surface area contributed by atoms with E-state index in [0.29, 0.717) is 17.5 Å². The van der Waals surface area contributed by atoms with E-state index in [4.69, 9.17) is 20.1 Å². The number of hydrogen-bond acceptors (Lipinski definition) is 4. The van der Waals surface area contributed by atoms with Gasteiger partial charge in [-0.25, -0.2) is 19.5 Å². The molecule has 8 aromatic carbocycles. The molecular weight excluding hydrogens is 743 g/mol. The number of pyridine rings is 1. The van der Waals surface area contributed by atoms with Crippen LogP contribution in [0.5, 0.6) is 0 Å². The van der Waals surface area contributed by atoms with Crippen molar-refractivity contribution in [2.75, 3.05) is 0 Å². The normalized spacial score (nSPS) is 11.3. The molecule has 0 atom stereocenters. The minimum atomic E-state index is 0.610. The van der Waals surface area contributed by atoms with Crippen LogP contribution in [0.2, 0.25) is 0 Å². The molecule has 61 heavy (non-hydrogen) atoms. The monoisotopic (exact) mass is 779 g/mol. The van der Waals surface area contributed by atoms with Crippen molar-refractivity contribution in [3.05, 3.63) is 225 Å². The van der Waals surface area contributed by atoms with Crippen molar-refractivity contribution < 1.29 is 0 Å². The van der Waals surface area contributed by atoms with Crippen molar-refractivity contribution >= 4 is 16.3 Å². The van der Waals surface area contributed by atoms with Crippen molar-refractivity contribution in [1.29, 1.82) is 0 Å². The van der Waals surface area contributed by atoms with Gasteiger partial charge in [0.15, 0.2) is 17.5 Å². The zero-order valence-electron chi connectivity index (χ0n) is 33.1. The maximum atomic E-state index is 5.10. The maximum Gasteiger partial charge on any atom is 0.164 e. The van der Waals surface area contributed by atoms with E-state index in [1.807, 2.05) is 42.6 Å². The molecule has 0 saturated carbocycles. The van der Waals surface area contributed by atoms with E-state index in [9.17, 15) is 0 Å². The molecule has 0 radical (unpaired) electrons. The predicted molar refractivity (Wildman–Crippen MR) is 250 cm³/mol. The summed E-state index contributed by atoms with van der Waals surface area (Å²) in [5.41, 5.74) is 15.1. The number of fused-ring (bicyclic) bond motifs is 3. The number of rotatable bonds is 8. The van der Waals surface area contributed by atoms with Crippen molar-refractivity contribution in [2.45, 2.75) is 0 Å². The lowest BCUT2D eigenvalue weighted by Crippen LogP contribution is -2.01. The molecule has 0 saturated heterocycles. The fraction of sp³-hybridized carbons (Fsp3) is 0. The van der Waals surface area contributed by atoms with E-state index in [-0.39, 0.29) is 0 Å². The zero-order chi connectivity index (χ0) is 40.5. The Bertz CT molecular complexity index is 3290. The fourth-order valence-corrected chi connectivity index (χ4v) is 8.34. The Hall–Kier alpha value is -8.28. The summed E-state index contributed by atoms with van der Waals surface area (Å²) in [7, 11) is 0. The van der Waals surface area contributed by atoms with E-state index in [1.165, 1.54) is 11.1 Å². The van der Waals surface area contributed by atoms with Crippen LogP contribution in [-0.4, -0.2) is 24.6 Å². The minimum absolute atomic E-state index is 0.610. The molecule has 0 aliphatic carbocycles. The van der Waals surface area contributed by atoms with Gasteiger partial charge in [0.25, 0.3) is 0 Å². The summed E-state index contributed by atoms with van der Waals surface area (Å²) in [4.78, 5) is 15.2. The van der Waals surface area contributed by atoms with Gasteiger partial charge in [-0.3, -0.25) is 0 Å². The second-order valence-corrected chi connectivity index (χ2v) is 15.1. The van der Waals surface area contributed by atoms with Gasteiger partial charge in [0.2, 0.25) is 0 Å². The highest BCUT2D eigenvalue weighted by atomic mass is 15.2. The summed E-state index contributed by atoms with van der Waals surface area (Å²) < 4.78 is 2.12. The average molecular weight is 780 g/mol. The number of hydrogen-bond donors (Lipinski definition) is 0. The van der Waals surface area contributed by atoms with Crippen molar-refractivity contribution in [2.24, 2.45) is 0 Å². The van der Waals surface area contributed by atoms with Gasteiger partial charge in [-0.1, -0.05) is 218 Å². The Morgan fingerprint density at radius 3 is 1.11 bits per heavy atom. The number of nitrogens with zero attached hydrogens (tertiary/aromatic N) is 5. The maximum absolute atomic E-state index is 5.10. The molecule has 11 aromatic rings. The van der Waals surface area contributed by atoms with Gasteiger partial charge in [-0.05, 0) is 38.8 Å². The first-order chi connectivity index (χ1) is 30.2. The van der Waals surface area contributed by atoms with Crippen LogP contribution >= 0.6 is 0 Å². The van der Waals surface area contributed by atoms with Gasteiger partial charge in [0.05, 0.1) is 17.4 Å². The van der Waals surface area contributed by atoms with Crippen LogP contribution in [-0.2, 0) is 0 Å². The molecule has 0 N–H and O–H groups in total. The largest absolute Gasteiger partial charge is 0.231 e. The summed E-state index contributed by atoms with van der Waals surface area (Å²) >= 11 is 0. The third kappa shape index (κ3) is 6.74. The molecule has 11 rings (SSSR count). The Kier molecular flexibility index (Phi) is 9.10. The van der Waals surface area contributed by atoms with Crippen LogP contribution in [0.3, 0.4) is 0 Å². The third-order valence-corrected chi connectivity index (χ3v) is 11.4. The molecule has 3 aromatic heterocycles. The molecule has 0 spiro atoms. The van der Waals surface area contributed by atoms with Crippen LogP contribution in [0.4, 0.5) is 0 Å². The summed E-state index contributed by atoms with van der Waals surface area (Å²) in [6, 6.07) is 76.1. The van der Waals surface area contributed by atoms with Crippen LogP contribution in [0, 0.1) is 0 Å². The molecule has 0 bridgehead atoms. The molecule has 0 aliphatic heterocycles. The summed E-state index contributed by atoms with van der Waals surface area (Å²) in [5.74, 6) is 1.86. The predicted octanol–water partition coefficient (Wildman–Crippen LogP) is 14.0. The molecule has 0 unspecified atom stereocenters. The second-order valence-electron chi connectivity index (χ2n) is 15.1. The lowest BCUT2D eigenvalue weighted by Gasteiger charge is -2.18. The van der Waals surface area contributed by atoms with E-state index in [2.05, 4.69) is 187 Å². The van der Waals surface area contributed by atoms with Crippen LogP contribution in [0.15, 0.2) is 225 Å². The Morgan fingerprint density at radius 2 is 0.623 bits per heavy atom. The molecule has 5 heteroatoms. The highest BCUT2D eigenvalue weighted by molar-refractivity contribution is 6.13. The number of benzene rings is 8. The SMILES string of the molecule is c1ccc(-c2ccc(-c3ccc(-c4nc(-c5ccccc5)nc(-c5ccc(-c6c(-c7ccccc7)n7ncc(-c8ccccc8)c7c7ccccc67)cc5)n4)cc3)cc2)cc1. The summed E-state index contributed by atoms with van der Waals surface area (Å²) in [6.07, 6.45) is 2.00. The number of aromatic nitrogens is 5. The highest BCUT2D eigenvalue weighted by Gasteiger charge is 2.22. The molecule has 3 heterocycles. The van der Waals surface area contributed by atoms with E-state index >= 15 is 0 Å². The molecule has 0 fully saturated rings. The van der Waals surface area contributed by atoms with Gasteiger partial charge in [-0.2, -0.15) is 5.10 Å². The molecule has 0 aliphatic rings. The van der Waals surface area contributed by atoms with Crippen molar-refractivity contribution in [3.63, 3.8) is 0 Å². The van der Waals surface area contributed by atoms with E-state index < -0.39 is 0 Å². The lowest BCUT2D eigenvalue weighted by atomic mass is 9.92. The van der Waals surface area contributed by atoms with Gasteiger partial charge in [-0.15, -0.1) is 0 Å². The topological polar surface area (TPSA) is 56.0 Å². The molecule has 5 nitrogen and oxygen atoms in total. The second kappa shape index (κ2) is 15.5. The summed E-state index contributed by atoms with van der Waals surface area (Å²) in [5, 5.41) is 7.37. The first-order valence-electron chi connectivity index (χ1n) is 20.5. The summed E-state index contributed by atoms with van der Waals surface area (Å²) in [6.45, 7) is 0. The fourth-order valence-electron chi connectivity index (χ4n) is 8.34. The van der Waals surface area contributed by atoms with Gasteiger partial charge >= 0.3 is 0 Å². The van der Waals surface area contributed by atoms with Gasteiger partial charge in [0.1, 0.15) is 0 Å². The Morgan fingerprint density at radius 1 is 0.279 bits per heavy atom. The van der Waals surface area contributed by atoms with Gasteiger partial charge < -0.3 is 0 Å². The first kappa shape index (κ1) is 35.8. The van der Waals surface area contributed by atoms with Crippen LogP contribution < -0.4 is 0 Å². The van der Waals surface area contributed by atoms with E-state index in [1.54, 1.807) is 0 Å². The average Bonchev–Trinajstić information content (AvgIpc) is 3.80. The van der Waals surface area contributed by atoms with Crippen molar-refractivity contribution in [3.8, 4) is 89.9 Å². The Balaban J connectivity index is 1.00. The third-order valence-electron chi connectivity index (χ3n) is 11.4. The molecular formula is C56H37N5. The smallest absolute Gasteiger partial charge is 0.164 e. The zero-order valence-corrected chi connectivity index (χ0v) is 33.1. The van der Waals surface area contributed by atoms with Crippen molar-refractivity contribution in [1.82, 2.24) is 24.6 Å². The molecule has 286 valence electrons. The highest BCUT2D eigenvalue weighted by Crippen LogP contribution is 2.43. The van der Waals surface area contributed by atoms with E-state index in [0.717, 1.165) is 77.6 Å². The van der Waals surface area contributed by atoms with Crippen LogP contribution in [0.1, 0.15) is 0 Å². The molecule has 0 amide bonds. The standard InChI is InChI=1S/C56H37N5/c1-5-15-38(16-6-1)39-25-27-40(28-26-39)41-29-33-46(34-30-41)55-58-54(45-21-11-4-12-22-45)59-56(60-55)47-35-31-43(32-36-47)51-48-23-13-14-24-49(48)53-50(42-17-7-2-8-18-42)37-57-61(53)52(51)44-19-9-3-10-20-44/h1-37H. The lowest BCUT2D eigenvalue weighted by molar-refractivity contribution is 0.976.